The van der Waals surface area contributed by atoms with E-state index in [1.165, 1.54) is 11.8 Å². The number of carboxylic acids is 2. The van der Waals surface area contributed by atoms with Gasteiger partial charge in [0.05, 0.1) is 6.04 Å². The average molecular weight is 443 g/mol. The van der Waals surface area contributed by atoms with Crippen LogP contribution in [0.5, 0.6) is 0 Å². The van der Waals surface area contributed by atoms with E-state index in [1.807, 2.05) is 0 Å². The minimum absolute atomic E-state index is 0.174. The minimum Gasteiger partial charge on any atom is -0.481 e. The van der Waals surface area contributed by atoms with Crippen molar-refractivity contribution in [2.24, 2.45) is 11.5 Å². The fourth-order valence-electron chi connectivity index (χ4n) is 3.14. The van der Waals surface area contributed by atoms with Crippen LogP contribution in [0.15, 0.2) is 0 Å². The molecule has 0 radical (unpaired) electrons. The summed E-state index contributed by atoms with van der Waals surface area (Å²) in [5.74, 6) is -5.27. The summed E-state index contributed by atoms with van der Waals surface area (Å²) in [6.45, 7) is 1.58. The summed E-state index contributed by atoms with van der Waals surface area (Å²) >= 11 is 0. The number of primary amides is 1. The van der Waals surface area contributed by atoms with Crippen LogP contribution >= 0.6 is 0 Å². The number of carboxylic acid groups (broad SMARTS) is 2. The van der Waals surface area contributed by atoms with Crippen molar-refractivity contribution in [2.45, 2.75) is 69.6 Å². The molecule has 0 aromatic heterocycles. The third-order valence-corrected chi connectivity index (χ3v) is 4.81. The molecule has 1 heterocycles. The molecule has 4 unspecified atom stereocenters. The van der Waals surface area contributed by atoms with E-state index in [9.17, 15) is 33.9 Å². The largest absolute Gasteiger partial charge is 0.481 e. The van der Waals surface area contributed by atoms with Crippen molar-refractivity contribution >= 4 is 35.6 Å². The van der Waals surface area contributed by atoms with Gasteiger partial charge in [0.25, 0.3) is 0 Å². The van der Waals surface area contributed by atoms with E-state index in [0.29, 0.717) is 6.42 Å². The predicted octanol–water partition coefficient (Wildman–Crippen LogP) is -2.49. The molecule has 1 fully saturated rings. The molecule has 8 N–H and O–H groups in total. The van der Waals surface area contributed by atoms with Gasteiger partial charge in [0.2, 0.25) is 23.6 Å². The Morgan fingerprint density at radius 2 is 1.65 bits per heavy atom. The normalized spacial score (nSPS) is 18.5. The first-order valence-corrected chi connectivity index (χ1v) is 9.83. The zero-order valence-corrected chi connectivity index (χ0v) is 17.2. The van der Waals surface area contributed by atoms with Gasteiger partial charge >= 0.3 is 11.9 Å². The van der Waals surface area contributed by atoms with Crippen LogP contribution in [0.4, 0.5) is 0 Å². The van der Waals surface area contributed by atoms with Crippen molar-refractivity contribution in [1.82, 2.24) is 15.5 Å². The summed E-state index contributed by atoms with van der Waals surface area (Å²) in [5, 5.41) is 22.9. The molecule has 0 saturated carbocycles. The number of aliphatic carboxylic acids is 2. The monoisotopic (exact) mass is 443 g/mol. The number of rotatable bonds is 12. The molecule has 31 heavy (non-hydrogen) atoms. The van der Waals surface area contributed by atoms with Gasteiger partial charge in [-0.2, -0.15) is 0 Å². The second-order valence-corrected chi connectivity index (χ2v) is 7.38. The maximum Gasteiger partial charge on any atom is 0.326 e. The fraction of sp³-hybridized carbons (Fsp3) is 0.667. The molecule has 1 aliphatic heterocycles. The Kier molecular flexibility index (Phi) is 9.86. The number of nitrogens with two attached hydrogens (primary N) is 2. The van der Waals surface area contributed by atoms with Crippen molar-refractivity contribution in [1.29, 1.82) is 0 Å². The van der Waals surface area contributed by atoms with Gasteiger partial charge in [-0.05, 0) is 32.6 Å². The van der Waals surface area contributed by atoms with Gasteiger partial charge in [-0.15, -0.1) is 0 Å². The van der Waals surface area contributed by atoms with Crippen LogP contribution in [0, 0.1) is 0 Å². The number of nitrogens with one attached hydrogen (secondary N) is 2. The first-order valence-electron chi connectivity index (χ1n) is 9.83. The molecule has 1 aliphatic rings. The van der Waals surface area contributed by atoms with E-state index in [4.69, 9.17) is 16.6 Å². The number of hydrogen-bond donors (Lipinski definition) is 6. The Hall–Kier alpha value is -3.22. The number of carbonyl (C=O) groups excluding carboxylic acids is 4. The lowest BCUT2D eigenvalue weighted by atomic mass is 10.1. The van der Waals surface area contributed by atoms with Crippen LogP contribution in [-0.4, -0.2) is 81.4 Å². The van der Waals surface area contributed by atoms with Crippen molar-refractivity contribution in [3.05, 3.63) is 0 Å². The molecule has 174 valence electrons. The highest BCUT2D eigenvalue weighted by molar-refractivity contribution is 5.94. The van der Waals surface area contributed by atoms with Gasteiger partial charge in [-0.3, -0.25) is 24.0 Å². The molecule has 0 aliphatic carbocycles. The maximum absolute atomic E-state index is 13.0. The van der Waals surface area contributed by atoms with Gasteiger partial charge in [0, 0.05) is 19.4 Å². The van der Waals surface area contributed by atoms with Crippen LogP contribution in [0.3, 0.4) is 0 Å². The number of amides is 4. The van der Waals surface area contributed by atoms with Crippen LogP contribution < -0.4 is 22.1 Å². The Balaban J connectivity index is 2.93. The molecule has 13 nitrogen and oxygen atoms in total. The van der Waals surface area contributed by atoms with Crippen molar-refractivity contribution in [3.8, 4) is 0 Å². The Labute approximate surface area is 178 Å². The molecule has 1 saturated heterocycles. The molecule has 4 atom stereocenters. The van der Waals surface area contributed by atoms with Gasteiger partial charge < -0.3 is 37.2 Å². The molecule has 4 amide bonds. The predicted molar refractivity (Wildman–Crippen MR) is 105 cm³/mol. The van der Waals surface area contributed by atoms with Crippen LogP contribution in [0.25, 0.3) is 0 Å². The van der Waals surface area contributed by atoms with E-state index in [2.05, 4.69) is 10.6 Å². The number of hydrogen-bond acceptors (Lipinski definition) is 7. The van der Waals surface area contributed by atoms with E-state index in [-0.39, 0.29) is 32.2 Å². The Morgan fingerprint density at radius 3 is 2.16 bits per heavy atom. The molecule has 0 spiro atoms. The van der Waals surface area contributed by atoms with Crippen molar-refractivity contribution in [2.75, 3.05) is 6.54 Å². The average Bonchev–Trinajstić information content (AvgIpc) is 3.16. The SMILES string of the molecule is CC(N)C(=O)NC(CCC(=O)O)C(=O)N1CCCC1C(=O)NC(CCC(N)=O)C(=O)O. The lowest BCUT2D eigenvalue weighted by molar-refractivity contribution is -0.145. The Bertz CT molecular complexity index is 726. The molecular formula is C18H29N5O8. The van der Waals surface area contributed by atoms with Crippen LogP contribution in [0.1, 0.15) is 45.4 Å². The minimum atomic E-state index is -1.36. The first-order chi connectivity index (χ1) is 14.4. The molecule has 0 bridgehead atoms. The smallest absolute Gasteiger partial charge is 0.326 e. The van der Waals surface area contributed by atoms with Crippen LogP contribution in [-0.2, 0) is 28.8 Å². The fourth-order valence-corrected chi connectivity index (χ4v) is 3.14. The van der Waals surface area contributed by atoms with E-state index in [0.717, 1.165) is 0 Å². The highest BCUT2D eigenvalue weighted by atomic mass is 16.4. The lowest BCUT2D eigenvalue weighted by Crippen LogP contribution is -2.56. The first kappa shape index (κ1) is 25.8. The quantitative estimate of drug-likeness (QED) is 0.187. The van der Waals surface area contributed by atoms with Gasteiger partial charge in [-0.1, -0.05) is 0 Å². The highest BCUT2D eigenvalue weighted by Gasteiger charge is 2.39. The standard InChI is InChI=1S/C18H29N5O8/c1-9(19)15(27)21-10(5-7-14(25)26)17(29)23-8-2-3-12(23)16(28)22-11(18(30)31)4-6-13(20)24/h9-12H,2-8,19H2,1H3,(H2,20,24)(H,21,27)(H,22,28)(H,25,26)(H,30,31). The molecular weight excluding hydrogens is 414 g/mol. The summed E-state index contributed by atoms with van der Waals surface area (Å²) in [6.07, 6.45) is -0.335. The van der Waals surface area contributed by atoms with Crippen molar-refractivity contribution < 1.29 is 39.0 Å². The maximum atomic E-state index is 13.0. The van der Waals surface area contributed by atoms with E-state index < -0.39 is 66.2 Å². The molecule has 0 aromatic rings. The zero-order chi connectivity index (χ0) is 23.7. The number of likely N-dealkylation sites (tertiary alicyclic amines) is 1. The van der Waals surface area contributed by atoms with Gasteiger partial charge in [-0.25, -0.2) is 4.79 Å². The summed E-state index contributed by atoms with van der Waals surface area (Å²) in [4.78, 5) is 72.0. The van der Waals surface area contributed by atoms with Crippen molar-refractivity contribution in [3.63, 3.8) is 0 Å². The summed E-state index contributed by atoms with van der Waals surface area (Å²) < 4.78 is 0. The third kappa shape index (κ3) is 8.20. The lowest BCUT2D eigenvalue weighted by Gasteiger charge is -2.29. The number of nitrogens with zero attached hydrogens (tertiary/aromatic N) is 1. The topological polar surface area (TPSA) is 222 Å². The van der Waals surface area contributed by atoms with Crippen LogP contribution in [0.2, 0.25) is 0 Å². The summed E-state index contributed by atoms with van der Waals surface area (Å²) in [7, 11) is 0. The summed E-state index contributed by atoms with van der Waals surface area (Å²) in [5.41, 5.74) is 10.5. The third-order valence-electron chi connectivity index (χ3n) is 4.81. The molecule has 1 rings (SSSR count). The van der Waals surface area contributed by atoms with E-state index in [1.54, 1.807) is 0 Å². The second-order valence-electron chi connectivity index (χ2n) is 7.38. The van der Waals surface area contributed by atoms with Gasteiger partial charge in [0.1, 0.15) is 18.1 Å². The molecule has 0 aromatic carbocycles. The van der Waals surface area contributed by atoms with E-state index >= 15 is 0 Å². The second kappa shape index (κ2) is 11.8. The highest BCUT2D eigenvalue weighted by Crippen LogP contribution is 2.20. The van der Waals surface area contributed by atoms with Gasteiger partial charge in [0.15, 0.2) is 0 Å². The zero-order valence-electron chi connectivity index (χ0n) is 17.2. The molecule has 13 heteroatoms. The Morgan fingerprint density at radius 1 is 1.03 bits per heavy atom. The summed E-state index contributed by atoms with van der Waals surface area (Å²) in [6, 6.07) is -4.49. The number of carbonyl (C=O) groups is 6.